The zero-order chi connectivity index (χ0) is 27.3. The van der Waals surface area contributed by atoms with Crippen molar-refractivity contribution in [3.05, 3.63) is 83.7 Å². The fourth-order valence-corrected chi connectivity index (χ4v) is 5.51. The molecule has 0 aliphatic carbocycles. The van der Waals surface area contributed by atoms with Gasteiger partial charge in [0.05, 0.1) is 17.6 Å². The third-order valence-electron chi connectivity index (χ3n) is 7.67. The molecule has 0 unspecified atom stereocenters. The number of tetrazole rings is 1. The van der Waals surface area contributed by atoms with Crippen molar-refractivity contribution < 1.29 is 0 Å². The maximum absolute atomic E-state index is 5.07. The highest BCUT2D eigenvalue weighted by Crippen LogP contribution is 2.30. The van der Waals surface area contributed by atoms with Crippen molar-refractivity contribution in [2.45, 2.75) is 52.5 Å². The number of aromatic amines is 1. The number of hydrogen-bond donors (Lipinski definition) is 1. The molecular formula is C32H36N8. The summed E-state index contributed by atoms with van der Waals surface area (Å²) in [5, 5.41) is 14.7. The number of aryl methyl sites for hydroxylation is 1. The van der Waals surface area contributed by atoms with Crippen LogP contribution in [0.15, 0.2) is 71.7 Å². The SMILES string of the molecule is CCCCc1nc2ccc(C3=NCCN3CCCC)cc2n1Cc1ccc(-c2ccccc2-c2nn[nH]n2)cc1. The molecule has 0 amide bonds. The number of fused-ring (bicyclic) bond motifs is 1. The number of hydrogen-bond acceptors (Lipinski definition) is 6. The third-order valence-corrected chi connectivity index (χ3v) is 7.67. The second kappa shape index (κ2) is 11.8. The minimum atomic E-state index is 0.598. The molecule has 0 fully saturated rings. The predicted molar refractivity (Wildman–Crippen MR) is 160 cm³/mol. The van der Waals surface area contributed by atoms with Gasteiger partial charge in [-0.15, -0.1) is 10.2 Å². The van der Waals surface area contributed by atoms with Crippen LogP contribution in [0.1, 0.15) is 56.5 Å². The summed E-state index contributed by atoms with van der Waals surface area (Å²) >= 11 is 0. The summed E-state index contributed by atoms with van der Waals surface area (Å²) in [5.74, 6) is 2.88. The lowest BCUT2D eigenvalue weighted by molar-refractivity contribution is 0.443. The number of aromatic nitrogens is 6. The average molecular weight is 533 g/mol. The Hall–Kier alpha value is -4.33. The van der Waals surface area contributed by atoms with Gasteiger partial charge in [0.25, 0.3) is 0 Å². The Labute approximate surface area is 235 Å². The molecule has 0 radical (unpaired) electrons. The first-order chi connectivity index (χ1) is 19.7. The summed E-state index contributed by atoms with van der Waals surface area (Å²) < 4.78 is 2.41. The Bertz CT molecular complexity index is 1600. The minimum Gasteiger partial charge on any atom is -0.355 e. The van der Waals surface area contributed by atoms with E-state index in [0.717, 1.165) is 79.3 Å². The Kier molecular flexibility index (Phi) is 7.66. The highest BCUT2D eigenvalue weighted by molar-refractivity contribution is 6.02. The van der Waals surface area contributed by atoms with Gasteiger partial charge in [-0.1, -0.05) is 75.2 Å². The van der Waals surface area contributed by atoms with E-state index in [9.17, 15) is 0 Å². The maximum Gasteiger partial charge on any atom is 0.205 e. The van der Waals surface area contributed by atoms with Gasteiger partial charge in [0, 0.05) is 37.2 Å². The second-order valence-electron chi connectivity index (χ2n) is 10.4. The van der Waals surface area contributed by atoms with Gasteiger partial charge in [0.15, 0.2) is 0 Å². The van der Waals surface area contributed by atoms with Crippen molar-refractivity contribution >= 4 is 16.9 Å². The summed E-state index contributed by atoms with van der Waals surface area (Å²) in [7, 11) is 0. The molecule has 0 spiro atoms. The quantitative estimate of drug-likeness (QED) is 0.221. The number of H-pyrrole nitrogens is 1. The van der Waals surface area contributed by atoms with Crippen LogP contribution < -0.4 is 0 Å². The van der Waals surface area contributed by atoms with E-state index >= 15 is 0 Å². The maximum atomic E-state index is 5.07. The van der Waals surface area contributed by atoms with Crippen LogP contribution in [-0.2, 0) is 13.0 Å². The van der Waals surface area contributed by atoms with Gasteiger partial charge >= 0.3 is 0 Å². The van der Waals surface area contributed by atoms with Gasteiger partial charge in [0.1, 0.15) is 11.7 Å². The normalized spacial score (nSPS) is 13.3. The molecular weight excluding hydrogens is 496 g/mol. The highest BCUT2D eigenvalue weighted by Gasteiger charge is 2.20. The van der Waals surface area contributed by atoms with Crippen molar-refractivity contribution in [3.63, 3.8) is 0 Å². The van der Waals surface area contributed by atoms with Crippen molar-refractivity contribution in [2.75, 3.05) is 19.6 Å². The van der Waals surface area contributed by atoms with Crippen molar-refractivity contribution in [1.29, 1.82) is 0 Å². The number of aliphatic imine (C=N–C) groups is 1. The third kappa shape index (κ3) is 5.26. The summed E-state index contributed by atoms with van der Waals surface area (Å²) in [4.78, 5) is 12.4. The molecule has 1 aliphatic rings. The zero-order valence-electron chi connectivity index (χ0n) is 23.3. The molecule has 0 atom stereocenters. The smallest absolute Gasteiger partial charge is 0.205 e. The van der Waals surface area contributed by atoms with E-state index in [1.807, 2.05) is 18.2 Å². The van der Waals surface area contributed by atoms with Crippen molar-refractivity contribution in [2.24, 2.45) is 4.99 Å². The lowest BCUT2D eigenvalue weighted by Gasteiger charge is -2.20. The largest absolute Gasteiger partial charge is 0.355 e. The number of imidazole rings is 1. The minimum absolute atomic E-state index is 0.598. The average Bonchev–Trinajstić information content (AvgIpc) is 3.76. The lowest BCUT2D eigenvalue weighted by atomic mass is 9.98. The van der Waals surface area contributed by atoms with Gasteiger partial charge in [-0.2, -0.15) is 5.21 Å². The molecule has 1 aliphatic heterocycles. The molecule has 0 saturated carbocycles. The van der Waals surface area contributed by atoms with Gasteiger partial charge in [-0.25, -0.2) is 4.98 Å². The molecule has 3 aromatic carbocycles. The molecule has 0 bridgehead atoms. The molecule has 3 heterocycles. The number of nitrogens with one attached hydrogen (secondary N) is 1. The number of unbranched alkanes of at least 4 members (excludes halogenated alkanes) is 2. The Morgan fingerprint density at radius 1 is 0.875 bits per heavy atom. The lowest BCUT2D eigenvalue weighted by Crippen LogP contribution is -2.29. The summed E-state index contributed by atoms with van der Waals surface area (Å²) in [6.07, 6.45) is 5.62. The van der Waals surface area contributed by atoms with Gasteiger partial charge in [-0.05, 0) is 52.9 Å². The molecule has 0 saturated heterocycles. The molecule has 2 aromatic heterocycles. The summed E-state index contributed by atoms with van der Waals surface area (Å²) in [6, 6.07) is 23.6. The number of rotatable bonds is 11. The highest BCUT2D eigenvalue weighted by atomic mass is 15.5. The fourth-order valence-electron chi connectivity index (χ4n) is 5.51. The molecule has 1 N–H and O–H groups in total. The number of benzene rings is 3. The van der Waals surface area contributed by atoms with E-state index < -0.39 is 0 Å². The molecule has 6 rings (SSSR count). The molecule has 40 heavy (non-hydrogen) atoms. The topological polar surface area (TPSA) is 87.9 Å². The molecule has 5 aromatic rings. The van der Waals surface area contributed by atoms with Crippen LogP contribution in [0, 0.1) is 0 Å². The Balaban J connectivity index is 1.32. The molecule has 204 valence electrons. The van der Waals surface area contributed by atoms with E-state index in [4.69, 9.17) is 9.98 Å². The van der Waals surface area contributed by atoms with Gasteiger partial charge < -0.3 is 9.47 Å². The Morgan fingerprint density at radius 3 is 2.45 bits per heavy atom. The molecule has 8 nitrogen and oxygen atoms in total. The van der Waals surface area contributed by atoms with Crippen LogP contribution in [0.4, 0.5) is 0 Å². The summed E-state index contributed by atoms with van der Waals surface area (Å²) in [6.45, 7) is 8.21. The van der Waals surface area contributed by atoms with E-state index in [1.165, 1.54) is 29.5 Å². The zero-order valence-corrected chi connectivity index (χ0v) is 23.3. The monoisotopic (exact) mass is 532 g/mol. The standard InChI is InChI=1S/C32H36N8/c1-3-5-11-30-34-28-17-16-25(32-33-18-20-39(32)19-6-4-2)21-29(28)40(30)22-23-12-14-24(15-13-23)26-9-7-8-10-27(26)31-35-37-38-36-31/h7-10,12-17,21H,3-6,11,18-20,22H2,1-2H3,(H,35,36,37,38). The first-order valence-electron chi connectivity index (χ1n) is 14.5. The number of nitrogens with zero attached hydrogens (tertiary/aromatic N) is 7. The van der Waals surface area contributed by atoms with Crippen molar-refractivity contribution in [1.82, 2.24) is 35.1 Å². The Morgan fingerprint density at radius 2 is 1.68 bits per heavy atom. The van der Waals surface area contributed by atoms with Gasteiger partial charge in [0.2, 0.25) is 5.82 Å². The summed E-state index contributed by atoms with van der Waals surface area (Å²) in [5.41, 5.74) is 7.84. The van der Waals surface area contributed by atoms with E-state index in [2.05, 4.69) is 92.5 Å². The van der Waals surface area contributed by atoms with E-state index in [-0.39, 0.29) is 0 Å². The van der Waals surface area contributed by atoms with Crippen LogP contribution in [0.3, 0.4) is 0 Å². The van der Waals surface area contributed by atoms with Crippen LogP contribution in [0.25, 0.3) is 33.5 Å². The predicted octanol–water partition coefficient (Wildman–Crippen LogP) is 6.14. The van der Waals surface area contributed by atoms with Crippen LogP contribution in [0.5, 0.6) is 0 Å². The number of amidine groups is 1. The van der Waals surface area contributed by atoms with Crippen LogP contribution in [0.2, 0.25) is 0 Å². The van der Waals surface area contributed by atoms with E-state index in [1.54, 1.807) is 0 Å². The second-order valence-corrected chi connectivity index (χ2v) is 10.4. The van der Waals surface area contributed by atoms with Crippen molar-refractivity contribution in [3.8, 4) is 22.5 Å². The molecule has 8 heteroatoms. The first-order valence-corrected chi connectivity index (χ1v) is 14.5. The fraction of sp³-hybridized carbons (Fsp3) is 0.344. The van der Waals surface area contributed by atoms with E-state index in [0.29, 0.717) is 5.82 Å². The van der Waals surface area contributed by atoms with Crippen LogP contribution in [-0.4, -0.2) is 60.5 Å². The van der Waals surface area contributed by atoms with Crippen LogP contribution >= 0.6 is 0 Å². The first kappa shape index (κ1) is 25.9. The van der Waals surface area contributed by atoms with Gasteiger partial charge in [-0.3, -0.25) is 4.99 Å².